The molecule has 1 aromatic heterocycles. The lowest BCUT2D eigenvalue weighted by Crippen LogP contribution is -2.38. The van der Waals surface area contributed by atoms with E-state index in [4.69, 9.17) is 13.9 Å². The summed E-state index contributed by atoms with van der Waals surface area (Å²) in [4.78, 5) is 9.10. The Kier molecular flexibility index (Phi) is 11.0. The molecule has 0 bridgehead atoms. The highest BCUT2D eigenvalue weighted by molar-refractivity contribution is 14.0. The van der Waals surface area contributed by atoms with E-state index in [1.165, 1.54) is 0 Å². The summed E-state index contributed by atoms with van der Waals surface area (Å²) < 4.78 is 16.7. The standard InChI is InChI=1S/C21H30N4O3.HI/c1-2-22-21(23-10-6-11-26-14-17-9-12-27-15-17)24-13-19-16-28-20(25-19)18-7-4-3-5-8-18;/h3-5,7-8,16-17H,2,6,9-15H2,1H3,(H2,22,23,24);1H. The smallest absolute Gasteiger partial charge is 0.226 e. The Morgan fingerprint density at radius 2 is 2.14 bits per heavy atom. The van der Waals surface area contributed by atoms with Gasteiger partial charge >= 0.3 is 0 Å². The molecule has 160 valence electrons. The van der Waals surface area contributed by atoms with E-state index in [-0.39, 0.29) is 24.0 Å². The van der Waals surface area contributed by atoms with Gasteiger partial charge in [-0.05, 0) is 31.9 Å². The molecule has 8 heteroatoms. The predicted molar refractivity (Wildman–Crippen MR) is 125 cm³/mol. The van der Waals surface area contributed by atoms with Gasteiger partial charge in [0.25, 0.3) is 0 Å². The van der Waals surface area contributed by atoms with Gasteiger partial charge in [-0.3, -0.25) is 0 Å². The van der Waals surface area contributed by atoms with Crippen LogP contribution in [0.5, 0.6) is 0 Å². The van der Waals surface area contributed by atoms with Crippen molar-refractivity contribution in [1.29, 1.82) is 0 Å². The molecule has 0 aliphatic carbocycles. The first-order valence-electron chi connectivity index (χ1n) is 10.0. The fraction of sp³-hybridized carbons (Fsp3) is 0.524. The van der Waals surface area contributed by atoms with Crippen LogP contribution in [0.25, 0.3) is 11.5 Å². The van der Waals surface area contributed by atoms with Crippen LogP contribution >= 0.6 is 24.0 Å². The first-order chi connectivity index (χ1) is 13.8. The molecule has 1 fully saturated rings. The third kappa shape index (κ3) is 8.31. The molecule has 1 atom stereocenters. The lowest BCUT2D eigenvalue weighted by Gasteiger charge is -2.12. The van der Waals surface area contributed by atoms with Gasteiger partial charge in [-0.1, -0.05) is 18.2 Å². The van der Waals surface area contributed by atoms with E-state index in [1.54, 1.807) is 6.26 Å². The summed E-state index contributed by atoms with van der Waals surface area (Å²) >= 11 is 0. The maximum absolute atomic E-state index is 5.73. The maximum atomic E-state index is 5.73. The molecule has 2 heterocycles. The summed E-state index contributed by atoms with van der Waals surface area (Å²) in [6, 6.07) is 9.87. The maximum Gasteiger partial charge on any atom is 0.226 e. The molecule has 1 aromatic carbocycles. The molecule has 2 N–H and O–H groups in total. The summed E-state index contributed by atoms with van der Waals surface area (Å²) in [5.74, 6) is 1.96. The first-order valence-corrected chi connectivity index (χ1v) is 10.0. The summed E-state index contributed by atoms with van der Waals surface area (Å²) in [6.07, 6.45) is 3.71. The van der Waals surface area contributed by atoms with E-state index in [0.29, 0.717) is 18.4 Å². The van der Waals surface area contributed by atoms with Crippen molar-refractivity contribution in [2.24, 2.45) is 10.9 Å². The monoisotopic (exact) mass is 514 g/mol. The van der Waals surface area contributed by atoms with Gasteiger partial charge in [0.15, 0.2) is 5.96 Å². The zero-order valence-electron chi connectivity index (χ0n) is 16.9. The van der Waals surface area contributed by atoms with Crippen LogP contribution in [0.3, 0.4) is 0 Å². The van der Waals surface area contributed by atoms with Crippen LogP contribution in [-0.4, -0.2) is 50.5 Å². The molecule has 7 nitrogen and oxygen atoms in total. The van der Waals surface area contributed by atoms with Crippen LogP contribution in [0.4, 0.5) is 0 Å². The predicted octanol–water partition coefficient (Wildman–Crippen LogP) is 3.46. The number of hydrogen-bond donors (Lipinski definition) is 2. The van der Waals surface area contributed by atoms with Crippen molar-refractivity contribution in [3.8, 4) is 11.5 Å². The average Bonchev–Trinajstić information content (AvgIpc) is 3.41. The van der Waals surface area contributed by atoms with Gasteiger partial charge < -0.3 is 24.5 Å². The summed E-state index contributed by atoms with van der Waals surface area (Å²) in [7, 11) is 0. The van der Waals surface area contributed by atoms with Gasteiger partial charge in [-0.2, -0.15) is 0 Å². The Balaban J connectivity index is 0.00000300. The van der Waals surface area contributed by atoms with Gasteiger partial charge in [0.2, 0.25) is 5.89 Å². The minimum Gasteiger partial charge on any atom is -0.444 e. The molecule has 0 radical (unpaired) electrons. The molecule has 1 saturated heterocycles. The molecular formula is C21H31IN4O3. The van der Waals surface area contributed by atoms with Crippen molar-refractivity contribution in [2.45, 2.75) is 26.3 Å². The van der Waals surface area contributed by atoms with E-state index in [2.05, 4.69) is 20.6 Å². The van der Waals surface area contributed by atoms with Gasteiger partial charge in [-0.15, -0.1) is 24.0 Å². The number of rotatable bonds is 10. The van der Waals surface area contributed by atoms with E-state index >= 15 is 0 Å². The number of nitrogens with zero attached hydrogens (tertiary/aromatic N) is 2. The highest BCUT2D eigenvalue weighted by atomic mass is 127. The molecule has 3 rings (SSSR count). The zero-order chi connectivity index (χ0) is 19.4. The fourth-order valence-electron chi connectivity index (χ4n) is 2.94. The van der Waals surface area contributed by atoms with Crippen molar-refractivity contribution in [3.05, 3.63) is 42.3 Å². The quantitative estimate of drug-likeness (QED) is 0.219. The van der Waals surface area contributed by atoms with Crippen LogP contribution in [-0.2, 0) is 16.0 Å². The van der Waals surface area contributed by atoms with Crippen molar-refractivity contribution < 1.29 is 13.9 Å². The zero-order valence-corrected chi connectivity index (χ0v) is 19.3. The van der Waals surface area contributed by atoms with Crippen molar-refractivity contribution in [3.63, 3.8) is 0 Å². The highest BCUT2D eigenvalue weighted by Gasteiger charge is 2.15. The lowest BCUT2D eigenvalue weighted by molar-refractivity contribution is 0.0888. The molecule has 1 aliphatic rings. The number of hydrogen-bond acceptors (Lipinski definition) is 5. The normalized spacial score (nSPS) is 16.4. The third-order valence-electron chi connectivity index (χ3n) is 4.45. The van der Waals surface area contributed by atoms with Gasteiger partial charge in [0, 0.05) is 37.8 Å². The third-order valence-corrected chi connectivity index (χ3v) is 4.45. The summed E-state index contributed by atoms with van der Waals surface area (Å²) in [6.45, 7) is 7.37. The Morgan fingerprint density at radius 3 is 2.90 bits per heavy atom. The highest BCUT2D eigenvalue weighted by Crippen LogP contribution is 2.18. The lowest BCUT2D eigenvalue weighted by atomic mass is 10.1. The average molecular weight is 514 g/mol. The fourth-order valence-corrected chi connectivity index (χ4v) is 2.94. The SMILES string of the molecule is CCNC(=NCc1coc(-c2ccccc2)n1)NCCCOCC1CCOC1.I. The Bertz CT molecular complexity index is 718. The number of halogens is 1. The van der Waals surface area contributed by atoms with Gasteiger partial charge in [0.1, 0.15) is 12.0 Å². The molecule has 0 saturated carbocycles. The molecule has 29 heavy (non-hydrogen) atoms. The minimum absolute atomic E-state index is 0. The number of oxazole rings is 1. The van der Waals surface area contributed by atoms with Crippen molar-refractivity contribution >= 4 is 29.9 Å². The number of guanidine groups is 1. The Labute approximate surface area is 189 Å². The van der Waals surface area contributed by atoms with Gasteiger partial charge in [0.05, 0.1) is 19.8 Å². The van der Waals surface area contributed by atoms with Crippen LogP contribution in [0.2, 0.25) is 0 Å². The number of ether oxygens (including phenoxy) is 2. The van der Waals surface area contributed by atoms with Gasteiger partial charge in [-0.25, -0.2) is 9.98 Å². The van der Waals surface area contributed by atoms with E-state index < -0.39 is 0 Å². The van der Waals surface area contributed by atoms with Crippen LogP contribution < -0.4 is 10.6 Å². The molecule has 0 amide bonds. The second-order valence-electron chi connectivity index (χ2n) is 6.79. The number of aromatic nitrogens is 1. The Morgan fingerprint density at radius 1 is 1.28 bits per heavy atom. The Hall–Kier alpha value is -1.65. The van der Waals surface area contributed by atoms with Crippen LogP contribution in [0.1, 0.15) is 25.5 Å². The molecule has 2 aromatic rings. The number of benzene rings is 1. The number of nitrogens with one attached hydrogen (secondary N) is 2. The van der Waals surface area contributed by atoms with Crippen LogP contribution in [0.15, 0.2) is 46.0 Å². The van der Waals surface area contributed by atoms with E-state index in [1.807, 2.05) is 37.3 Å². The first kappa shape index (κ1) is 23.6. The topological polar surface area (TPSA) is 80.9 Å². The van der Waals surface area contributed by atoms with E-state index in [9.17, 15) is 0 Å². The number of aliphatic imine (C=N–C) groups is 1. The molecule has 1 unspecified atom stereocenters. The summed E-state index contributed by atoms with van der Waals surface area (Å²) in [5.41, 5.74) is 1.77. The van der Waals surface area contributed by atoms with Crippen LogP contribution in [0, 0.1) is 5.92 Å². The second-order valence-corrected chi connectivity index (χ2v) is 6.79. The second kappa shape index (κ2) is 13.6. The molecule has 1 aliphatic heterocycles. The molecule has 0 spiro atoms. The minimum atomic E-state index is 0. The summed E-state index contributed by atoms with van der Waals surface area (Å²) in [5, 5.41) is 6.58. The largest absolute Gasteiger partial charge is 0.444 e. The van der Waals surface area contributed by atoms with Crippen molar-refractivity contribution in [1.82, 2.24) is 15.6 Å². The van der Waals surface area contributed by atoms with E-state index in [0.717, 1.165) is 69.6 Å². The van der Waals surface area contributed by atoms with Crippen molar-refractivity contribution in [2.75, 3.05) is 39.5 Å². The molecular weight excluding hydrogens is 483 g/mol.